The van der Waals surface area contributed by atoms with Crippen LogP contribution >= 0.6 is 0 Å². The second-order valence-electron chi connectivity index (χ2n) is 9.08. The quantitative estimate of drug-likeness (QED) is 0.338. The number of ketones is 2. The van der Waals surface area contributed by atoms with Gasteiger partial charge in [0.25, 0.3) is 0 Å². The summed E-state index contributed by atoms with van der Waals surface area (Å²) in [6, 6.07) is 33.6. The number of benzene rings is 4. The molecule has 0 saturated heterocycles. The van der Waals surface area contributed by atoms with Crippen LogP contribution in [0.25, 0.3) is 0 Å². The van der Waals surface area contributed by atoms with Gasteiger partial charge >= 0.3 is 0 Å². The van der Waals surface area contributed by atoms with Crippen molar-refractivity contribution in [3.63, 3.8) is 0 Å². The predicted octanol–water partition coefficient (Wildman–Crippen LogP) is 5.92. The van der Waals surface area contributed by atoms with Crippen molar-refractivity contribution < 1.29 is 14.3 Å². The van der Waals surface area contributed by atoms with Crippen molar-refractivity contribution in [3.05, 3.63) is 131 Å². The van der Waals surface area contributed by atoms with Crippen LogP contribution in [0.3, 0.4) is 0 Å². The second-order valence-corrected chi connectivity index (χ2v) is 9.08. The molecule has 1 atom stereocenters. The monoisotopic (exact) mass is 472 g/mol. The molecule has 1 heterocycles. The minimum Gasteiger partial charge on any atom is -0.497 e. The molecule has 5 heteroatoms. The first-order valence-electron chi connectivity index (χ1n) is 11.9. The first-order valence-corrected chi connectivity index (χ1v) is 11.9. The van der Waals surface area contributed by atoms with Crippen LogP contribution < -0.4 is 9.75 Å². The van der Waals surface area contributed by atoms with Crippen LogP contribution in [0.4, 0.5) is 5.69 Å². The van der Waals surface area contributed by atoms with Gasteiger partial charge in [-0.25, -0.2) is 0 Å². The van der Waals surface area contributed by atoms with E-state index in [4.69, 9.17) is 9.84 Å². The molecule has 0 bridgehead atoms. The van der Waals surface area contributed by atoms with Gasteiger partial charge in [-0.15, -0.1) is 0 Å². The van der Waals surface area contributed by atoms with Gasteiger partial charge in [0.2, 0.25) is 0 Å². The Balaban J connectivity index is 1.60. The second kappa shape index (κ2) is 8.61. The van der Waals surface area contributed by atoms with E-state index in [9.17, 15) is 9.59 Å². The molecule has 0 radical (unpaired) electrons. The van der Waals surface area contributed by atoms with Gasteiger partial charge in [0, 0.05) is 17.5 Å². The molecule has 4 aromatic rings. The Morgan fingerprint density at radius 3 is 1.89 bits per heavy atom. The number of nitrogens with zero attached hydrogens (tertiary/aromatic N) is 2. The number of Topliss-reactive ketones (excluding diaryl/α,β-unsaturated/α-hetero) is 2. The molecule has 5 nitrogen and oxygen atoms in total. The van der Waals surface area contributed by atoms with Crippen molar-refractivity contribution in [2.24, 2.45) is 10.5 Å². The Labute approximate surface area is 209 Å². The normalized spacial score (nSPS) is 17.9. The number of hydrogen-bond donors (Lipinski definition) is 0. The Hall–Kier alpha value is -4.51. The molecule has 0 saturated carbocycles. The van der Waals surface area contributed by atoms with Crippen molar-refractivity contribution in [3.8, 4) is 5.75 Å². The van der Waals surface area contributed by atoms with Crippen LogP contribution in [0.1, 0.15) is 37.9 Å². The number of hydrogen-bond acceptors (Lipinski definition) is 5. The molecule has 0 amide bonds. The maximum atomic E-state index is 14.4. The van der Waals surface area contributed by atoms with Crippen LogP contribution in [-0.4, -0.2) is 24.4 Å². The first kappa shape index (κ1) is 22.0. The van der Waals surface area contributed by atoms with Crippen molar-refractivity contribution in [1.29, 1.82) is 0 Å². The number of anilines is 1. The standard InChI is InChI=1S/C31H24N2O3/c1-36-24-18-16-22(17-19-24)28-31(29(34)25-14-8-9-15-26(25)30(31)35)27(20-21-10-4-2-5-11-21)32-33(28)23-12-6-3-7-13-23/h2-19,28H,20H2,1H3. The molecular weight excluding hydrogens is 448 g/mol. The third kappa shape index (κ3) is 3.20. The Bertz CT molecular complexity index is 1440. The Morgan fingerprint density at radius 2 is 1.31 bits per heavy atom. The van der Waals surface area contributed by atoms with E-state index in [-0.39, 0.29) is 11.6 Å². The molecule has 1 aliphatic carbocycles. The summed E-state index contributed by atoms with van der Waals surface area (Å²) < 4.78 is 5.38. The lowest BCUT2D eigenvalue weighted by Crippen LogP contribution is -2.47. The van der Waals surface area contributed by atoms with Gasteiger partial charge in [-0.2, -0.15) is 5.10 Å². The summed E-state index contributed by atoms with van der Waals surface area (Å²) in [7, 11) is 1.62. The van der Waals surface area contributed by atoms with E-state index >= 15 is 0 Å². The molecule has 0 fully saturated rings. The molecule has 4 aromatic carbocycles. The molecule has 1 spiro atoms. The number of methoxy groups -OCH3 is 1. The fourth-order valence-corrected chi connectivity index (χ4v) is 5.45. The molecule has 2 aliphatic rings. The topological polar surface area (TPSA) is 59.0 Å². The van der Waals surface area contributed by atoms with Crippen LogP contribution in [-0.2, 0) is 6.42 Å². The number of fused-ring (bicyclic) bond motifs is 1. The van der Waals surface area contributed by atoms with Crippen LogP contribution in [0.5, 0.6) is 5.75 Å². The summed E-state index contributed by atoms with van der Waals surface area (Å²) in [6.45, 7) is 0. The van der Waals surface area contributed by atoms with Crippen molar-refractivity contribution in [1.82, 2.24) is 0 Å². The minimum absolute atomic E-state index is 0.197. The van der Waals surface area contributed by atoms with Gasteiger partial charge in [0.05, 0.1) is 18.5 Å². The van der Waals surface area contributed by atoms with Crippen molar-refractivity contribution in [2.75, 3.05) is 12.1 Å². The number of rotatable bonds is 5. The molecule has 1 unspecified atom stereocenters. The van der Waals surface area contributed by atoms with Crippen molar-refractivity contribution >= 4 is 23.0 Å². The van der Waals surface area contributed by atoms with Gasteiger partial charge in [-0.1, -0.05) is 84.9 Å². The van der Waals surface area contributed by atoms with E-state index in [1.165, 1.54) is 0 Å². The molecule has 6 rings (SSSR count). The fourth-order valence-electron chi connectivity index (χ4n) is 5.45. The zero-order valence-electron chi connectivity index (χ0n) is 19.8. The summed E-state index contributed by atoms with van der Waals surface area (Å²) in [5.74, 6) is 0.309. The van der Waals surface area contributed by atoms with E-state index in [0.717, 1.165) is 16.8 Å². The number of para-hydroxylation sites is 1. The highest BCUT2D eigenvalue weighted by Gasteiger charge is 2.65. The highest BCUT2D eigenvalue weighted by atomic mass is 16.5. The number of carbonyl (C=O) groups excluding carboxylic acids is 2. The summed E-state index contributed by atoms with van der Waals surface area (Å²) in [4.78, 5) is 28.7. The number of ether oxygens (including phenoxy) is 1. The molecule has 1 aliphatic heterocycles. The molecular formula is C31H24N2O3. The minimum atomic E-state index is -1.47. The van der Waals surface area contributed by atoms with Gasteiger partial charge < -0.3 is 4.74 Å². The van der Waals surface area contributed by atoms with Crippen LogP contribution in [0.2, 0.25) is 0 Å². The Morgan fingerprint density at radius 1 is 0.750 bits per heavy atom. The maximum Gasteiger partial charge on any atom is 0.185 e. The van der Waals surface area contributed by atoms with E-state index in [1.54, 1.807) is 19.2 Å². The van der Waals surface area contributed by atoms with E-state index in [2.05, 4.69) is 0 Å². The molecule has 0 N–H and O–H groups in total. The smallest absolute Gasteiger partial charge is 0.185 e. The van der Waals surface area contributed by atoms with Gasteiger partial charge in [-0.3, -0.25) is 14.6 Å². The van der Waals surface area contributed by atoms with Gasteiger partial charge in [0.15, 0.2) is 17.0 Å². The molecule has 0 aromatic heterocycles. The summed E-state index contributed by atoms with van der Waals surface area (Å²) >= 11 is 0. The summed E-state index contributed by atoms with van der Waals surface area (Å²) in [6.07, 6.45) is 0.391. The lowest BCUT2D eigenvalue weighted by atomic mass is 9.68. The van der Waals surface area contributed by atoms with E-state index in [1.807, 2.05) is 102 Å². The summed E-state index contributed by atoms with van der Waals surface area (Å²) in [5, 5.41) is 6.90. The molecule has 36 heavy (non-hydrogen) atoms. The zero-order valence-corrected chi connectivity index (χ0v) is 19.8. The first-order chi connectivity index (χ1) is 17.6. The van der Waals surface area contributed by atoms with Crippen LogP contribution in [0.15, 0.2) is 114 Å². The molecule has 176 valence electrons. The third-order valence-corrected chi connectivity index (χ3v) is 7.14. The highest BCUT2D eigenvalue weighted by molar-refractivity contribution is 6.41. The SMILES string of the molecule is COc1ccc(C2N(c3ccccc3)N=C(Cc3ccccc3)C23C(=O)c2ccccc2C3=O)cc1. The average molecular weight is 473 g/mol. The average Bonchev–Trinajstić information content (AvgIpc) is 3.39. The zero-order chi connectivity index (χ0) is 24.7. The van der Waals surface area contributed by atoms with E-state index in [0.29, 0.717) is 29.0 Å². The van der Waals surface area contributed by atoms with Crippen molar-refractivity contribution in [2.45, 2.75) is 12.5 Å². The third-order valence-electron chi connectivity index (χ3n) is 7.14. The lowest BCUT2D eigenvalue weighted by Gasteiger charge is -2.34. The van der Waals surface area contributed by atoms with Gasteiger partial charge in [-0.05, 0) is 35.4 Å². The predicted molar refractivity (Wildman–Crippen MR) is 140 cm³/mol. The lowest BCUT2D eigenvalue weighted by molar-refractivity contribution is 0.0758. The highest BCUT2D eigenvalue weighted by Crippen LogP contribution is 2.55. The summed E-state index contributed by atoms with van der Waals surface area (Å²) in [5.41, 5.74) is 2.64. The Kier molecular flexibility index (Phi) is 5.26. The fraction of sp³-hybridized carbons (Fsp3) is 0.129. The largest absolute Gasteiger partial charge is 0.497 e. The van der Waals surface area contributed by atoms with Crippen LogP contribution in [0, 0.1) is 5.41 Å². The maximum absolute atomic E-state index is 14.4. The van der Waals surface area contributed by atoms with E-state index < -0.39 is 11.5 Å². The number of carbonyl (C=O) groups is 2. The number of hydrazone groups is 1. The van der Waals surface area contributed by atoms with Gasteiger partial charge in [0.1, 0.15) is 11.8 Å².